The van der Waals surface area contributed by atoms with Crippen molar-refractivity contribution in [1.82, 2.24) is 0 Å². The summed E-state index contributed by atoms with van der Waals surface area (Å²) in [6.45, 7) is 4.41. The fourth-order valence-corrected chi connectivity index (χ4v) is 5.12. The molecule has 8 unspecified atom stereocenters. The average Bonchev–Trinajstić information content (AvgIpc) is 3.70. The first-order chi connectivity index (χ1) is 16.1. The molecule has 0 N–H and O–H groups in total. The van der Waals surface area contributed by atoms with E-state index in [2.05, 4.69) is 13.8 Å². The van der Waals surface area contributed by atoms with Crippen LogP contribution in [-0.4, -0.2) is 48.9 Å². The second-order valence-electron chi connectivity index (χ2n) is 10.3. The van der Waals surface area contributed by atoms with E-state index in [9.17, 15) is 9.59 Å². The lowest BCUT2D eigenvalue weighted by atomic mass is 9.79. The van der Waals surface area contributed by atoms with Crippen LogP contribution in [0, 0.1) is 11.8 Å². The molecular weight excluding hydrogens is 424 g/mol. The van der Waals surface area contributed by atoms with E-state index >= 15 is 0 Å². The zero-order chi connectivity index (χ0) is 23.2. The lowest BCUT2D eigenvalue weighted by molar-refractivity contribution is -0.167. The molecule has 0 aromatic carbocycles. The van der Waals surface area contributed by atoms with E-state index < -0.39 is 24.4 Å². The van der Waals surface area contributed by atoms with Crippen molar-refractivity contribution < 1.29 is 33.3 Å². The summed E-state index contributed by atoms with van der Waals surface area (Å²) in [5.74, 6) is -1.76. The molecule has 1 saturated carbocycles. The van der Waals surface area contributed by atoms with E-state index in [0.29, 0.717) is 12.8 Å². The van der Waals surface area contributed by atoms with Gasteiger partial charge in [-0.3, -0.25) is 9.59 Å². The molecule has 3 saturated heterocycles. The van der Waals surface area contributed by atoms with Crippen LogP contribution in [0.25, 0.3) is 0 Å². The third-order valence-corrected chi connectivity index (χ3v) is 7.47. The molecule has 0 bridgehead atoms. The highest BCUT2D eigenvalue weighted by atomic mass is 16.8. The van der Waals surface area contributed by atoms with Gasteiger partial charge in [0.1, 0.15) is 12.2 Å². The van der Waals surface area contributed by atoms with Crippen molar-refractivity contribution in [1.29, 1.82) is 0 Å². The number of rotatable bonds is 16. The number of hydrogen-bond donors (Lipinski definition) is 0. The van der Waals surface area contributed by atoms with Gasteiger partial charge in [0.2, 0.25) is 12.6 Å². The van der Waals surface area contributed by atoms with E-state index in [1.54, 1.807) is 0 Å². The molecule has 4 aliphatic rings. The molecule has 0 amide bonds. The van der Waals surface area contributed by atoms with Gasteiger partial charge in [-0.1, -0.05) is 78.1 Å². The number of hydrogen-bond acceptors (Lipinski definition) is 7. The van der Waals surface area contributed by atoms with Gasteiger partial charge in [0, 0.05) is 0 Å². The van der Waals surface area contributed by atoms with Gasteiger partial charge in [-0.15, -0.1) is 0 Å². The van der Waals surface area contributed by atoms with Crippen LogP contribution in [0.3, 0.4) is 0 Å². The molecule has 8 atom stereocenters. The van der Waals surface area contributed by atoms with Gasteiger partial charge in [0.05, 0.1) is 24.0 Å². The second kappa shape index (κ2) is 12.0. The maximum atomic E-state index is 12.9. The predicted octanol–water partition coefficient (Wildman–Crippen LogP) is 5.04. The summed E-state index contributed by atoms with van der Waals surface area (Å²) in [4.78, 5) is 25.8. The van der Waals surface area contributed by atoms with Crippen molar-refractivity contribution in [2.24, 2.45) is 11.8 Å². The van der Waals surface area contributed by atoms with Gasteiger partial charge in [-0.05, 0) is 25.7 Å². The number of unbranched alkanes of at least 4 members (excludes halogenated alkanes) is 8. The van der Waals surface area contributed by atoms with Gasteiger partial charge in [-0.25, -0.2) is 0 Å². The molecule has 0 aromatic heterocycles. The Morgan fingerprint density at radius 2 is 1.06 bits per heavy atom. The van der Waals surface area contributed by atoms with Crippen molar-refractivity contribution in [3.05, 3.63) is 0 Å². The molecule has 1 aliphatic carbocycles. The maximum Gasteiger partial charge on any atom is 0.312 e. The summed E-state index contributed by atoms with van der Waals surface area (Å²) in [6.07, 6.45) is 14.1. The minimum atomic E-state index is -0.526. The zero-order valence-corrected chi connectivity index (χ0v) is 20.4. The van der Waals surface area contributed by atoms with Crippen LogP contribution in [0.2, 0.25) is 0 Å². The van der Waals surface area contributed by atoms with Crippen molar-refractivity contribution in [2.75, 3.05) is 0 Å². The maximum absolute atomic E-state index is 12.9. The molecule has 0 aromatic rings. The van der Waals surface area contributed by atoms with Crippen LogP contribution < -0.4 is 0 Å². The molecule has 4 fully saturated rings. The average molecular weight is 467 g/mol. The Morgan fingerprint density at radius 3 is 1.48 bits per heavy atom. The largest absolute Gasteiger partial charge is 0.433 e. The summed E-state index contributed by atoms with van der Waals surface area (Å²) in [6, 6.07) is 0. The van der Waals surface area contributed by atoms with E-state index in [-0.39, 0.29) is 36.4 Å². The first-order valence-electron chi connectivity index (χ1n) is 13.5. The summed E-state index contributed by atoms with van der Waals surface area (Å²) >= 11 is 0. The van der Waals surface area contributed by atoms with Crippen molar-refractivity contribution in [3.8, 4) is 0 Å². The van der Waals surface area contributed by atoms with Crippen molar-refractivity contribution in [2.45, 2.75) is 141 Å². The van der Waals surface area contributed by atoms with Gasteiger partial charge in [0.25, 0.3) is 0 Å². The molecule has 4 rings (SSSR count). The minimum absolute atomic E-state index is 0.00689. The third kappa shape index (κ3) is 7.40. The number of carbonyl (C=O) groups is 2. The van der Waals surface area contributed by atoms with Crippen LogP contribution >= 0.6 is 0 Å². The molecule has 3 aliphatic heterocycles. The first kappa shape index (κ1) is 24.9. The smallest absolute Gasteiger partial charge is 0.312 e. The number of fused-ring (bicyclic) bond motifs is 1. The lowest BCUT2D eigenvalue weighted by Gasteiger charge is -2.25. The molecule has 188 valence electrons. The molecule has 33 heavy (non-hydrogen) atoms. The van der Waals surface area contributed by atoms with Crippen LogP contribution in [0.5, 0.6) is 0 Å². The van der Waals surface area contributed by atoms with Crippen LogP contribution in [0.15, 0.2) is 0 Å². The number of carbonyl (C=O) groups excluding carboxylic acids is 2. The van der Waals surface area contributed by atoms with Crippen LogP contribution in [-0.2, 0) is 33.3 Å². The topological polar surface area (TPSA) is 90.2 Å². The minimum Gasteiger partial charge on any atom is -0.433 e. The molecule has 7 nitrogen and oxygen atoms in total. The van der Waals surface area contributed by atoms with E-state index in [0.717, 1.165) is 25.7 Å². The van der Waals surface area contributed by atoms with Crippen LogP contribution in [0.4, 0.5) is 0 Å². The molecule has 7 heteroatoms. The quantitative estimate of drug-likeness (QED) is 0.179. The normalized spacial score (nSPS) is 36.1. The van der Waals surface area contributed by atoms with Gasteiger partial charge < -0.3 is 23.7 Å². The highest BCUT2D eigenvalue weighted by molar-refractivity contribution is 5.83. The Hall–Kier alpha value is -1.18. The van der Waals surface area contributed by atoms with Crippen molar-refractivity contribution >= 4 is 11.9 Å². The molecule has 3 heterocycles. The summed E-state index contributed by atoms with van der Waals surface area (Å²) in [5, 5.41) is 0. The number of epoxide rings is 3. The number of esters is 2. The van der Waals surface area contributed by atoms with Crippen LogP contribution in [0.1, 0.15) is 104 Å². The molecule has 0 radical (unpaired) electrons. The summed E-state index contributed by atoms with van der Waals surface area (Å²) in [7, 11) is 0. The van der Waals surface area contributed by atoms with Gasteiger partial charge >= 0.3 is 11.9 Å². The Labute approximate surface area is 198 Å². The Bertz CT molecular complexity index is 599. The lowest BCUT2D eigenvalue weighted by Crippen LogP contribution is -2.38. The second-order valence-corrected chi connectivity index (χ2v) is 10.3. The zero-order valence-electron chi connectivity index (χ0n) is 20.4. The van der Waals surface area contributed by atoms with E-state index in [4.69, 9.17) is 23.7 Å². The highest BCUT2D eigenvalue weighted by Crippen LogP contribution is 2.45. The van der Waals surface area contributed by atoms with Gasteiger partial charge in [-0.2, -0.15) is 0 Å². The third-order valence-electron chi connectivity index (χ3n) is 7.47. The van der Waals surface area contributed by atoms with Crippen molar-refractivity contribution in [3.63, 3.8) is 0 Å². The summed E-state index contributed by atoms with van der Waals surface area (Å²) < 4.78 is 28.0. The standard InChI is InChI=1S/C26H42O7/c1-3-5-7-9-11-13-19-25(30-19)32-23(27)17-15-21-22(29-21)16-18(17)24(28)33-26-20(31-26)14-12-10-8-6-4-2/h17-22,25-26H,3-16H2,1-2H3. The SMILES string of the molecule is CCCCCCCC1OC1OC(=O)C1CC2OC2CC1C(=O)OC1OC1CCCCCCC. The van der Waals surface area contributed by atoms with Gasteiger partial charge in [0.15, 0.2) is 0 Å². The molecular formula is C26H42O7. The van der Waals surface area contributed by atoms with E-state index in [1.165, 1.54) is 51.4 Å². The monoisotopic (exact) mass is 466 g/mol. The highest BCUT2D eigenvalue weighted by Gasteiger charge is 2.56. The Balaban J connectivity index is 1.16. The first-order valence-corrected chi connectivity index (χ1v) is 13.5. The Kier molecular flexibility index (Phi) is 9.05. The number of ether oxygens (including phenoxy) is 5. The molecule has 0 spiro atoms. The summed E-state index contributed by atoms with van der Waals surface area (Å²) in [5.41, 5.74) is 0. The Morgan fingerprint density at radius 1 is 0.636 bits per heavy atom. The van der Waals surface area contributed by atoms with E-state index in [1.807, 2.05) is 0 Å². The fourth-order valence-electron chi connectivity index (χ4n) is 5.12. The fraction of sp³-hybridized carbons (Fsp3) is 0.923. The predicted molar refractivity (Wildman–Crippen MR) is 121 cm³/mol.